The van der Waals surface area contributed by atoms with Gasteiger partial charge in [0, 0.05) is 4.88 Å². The van der Waals surface area contributed by atoms with E-state index in [4.69, 9.17) is 0 Å². The lowest BCUT2D eigenvalue weighted by molar-refractivity contribution is 0.417. The molecule has 84 valence electrons. The molecule has 1 aliphatic rings. The minimum atomic E-state index is 0.560. The summed E-state index contributed by atoms with van der Waals surface area (Å²) in [6.07, 6.45) is 4.18. The molecule has 0 nitrogen and oxygen atoms in total. The highest BCUT2D eigenvalue weighted by molar-refractivity contribution is 9.11. The third kappa shape index (κ3) is 2.50. The first-order chi connectivity index (χ1) is 7.09. The second-order valence-electron chi connectivity index (χ2n) is 4.58. The molecule has 0 spiro atoms. The van der Waals surface area contributed by atoms with Crippen LogP contribution in [0.4, 0.5) is 0 Å². The Bertz CT molecular complexity index is 326. The normalized spacial score (nSPS) is 28.3. The molecule has 1 aliphatic carbocycles. The van der Waals surface area contributed by atoms with Crippen LogP contribution < -0.4 is 0 Å². The van der Waals surface area contributed by atoms with Gasteiger partial charge in [-0.05, 0) is 52.7 Å². The molecule has 0 radical (unpaired) electrons. The summed E-state index contributed by atoms with van der Waals surface area (Å²) in [4.78, 5) is 2.04. The Hall–Kier alpha value is 0.660. The van der Waals surface area contributed by atoms with E-state index in [0.717, 1.165) is 11.8 Å². The number of thiophene rings is 1. The Morgan fingerprint density at radius 2 is 2.20 bits per heavy atom. The average molecular weight is 352 g/mol. The highest BCUT2D eigenvalue weighted by atomic mass is 79.9. The minimum absolute atomic E-state index is 0.560. The molecule has 0 bridgehead atoms. The number of hydrogen-bond acceptors (Lipinski definition) is 1. The van der Waals surface area contributed by atoms with Crippen molar-refractivity contribution in [2.45, 2.75) is 37.9 Å². The van der Waals surface area contributed by atoms with Crippen molar-refractivity contribution in [3.05, 3.63) is 20.3 Å². The van der Waals surface area contributed by atoms with E-state index in [0.29, 0.717) is 4.83 Å². The van der Waals surface area contributed by atoms with Crippen LogP contribution in [-0.2, 0) is 0 Å². The predicted molar refractivity (Wildman–Crippen MR) is 74.9 cm³/mol. The molecule has 1 heterocycles. The first-order valence-electron chi connectivity index (χ1n) is 5.49. The van der Waals surface area contributed by atoms with Crippen LogP contribution in [0.3, 0.4) is 0 Å². The molecular weight excluding hydrogens is 336 g/mol. The lowest BCUT2D eigenvalue weighted by Crippen LogP contribution is -2.09. The minimum Gasteiger partial charge on any atom is -0.132 e. The molecule has 3 atom stereocenters. The van der Waals surface area contributed by atoms with E-state index in [2.05, 4.69) is 51.8 Å². The van der Waals surface area contributed by atoms with Gasteiger partial charge in [-0.25, -0.2) is 0 Å². The second kappa shape index (κ2) is 4.89. The van der Waals surface area contributed by atoms with Gasteiger partial charge in [-0.2, -0.15) is 0 Å². The third-order valence-corrected chi connectivity index (χ3v) is 7.15. The molecular formula is C12H16Br2S. The summed E-state index contributed by atoms with van der Waals surface area (Å²) < 4.78 is 1.28. The molecule has 1 fully saturated rings. The fourth-order valence-electron chi connectivity index (χ4n) is 2.44. The van der Waals surface area contributed by atoms with Crippen LogP contribution in [0.5, 0.6) is 0 Å². The lowest BCUT2D eigenvalue weighted by Gasteiger charge is -2.20. The van der Waals surface area contributed by atoms with Crippen molar-refractivity contribution in [1.82, 2.24) is 0 Å². The van der Waals surface area contributed by atoms with Gasteiger partial charge in [0.15, 0.2) is 0 Å². The summed E-state index contributed by atoms with van der Waals surface area (Å²) >= 11 is 9.38. The maximum Gasteiger partial charge on any atom is 0.0730 e. The summed E-state index contributed by atoms with van der Waals surface area (Å²) in [7, 11) is 0. The molecule has 0 aliphatic heterocycles. The Labute approximate surface area is 113 Å². The molecule has 1 aromatic rings. The fourth-order valence-corrected chi connectivity index (χ4v) is 5.26. The molecule has 1 saturated carbocycles. The number of hydrogen-bond donors (Lipinski definition) is 0. The third-order valence-electron chi connectivity index (χ3n) is 3.45. The monoisotopic (exact) mass is 350 g/mol. The van der Waals surface area contributed by atoms with Crippen molar-refractivity contribution >= 4 is 43.2 Å². The topological polar surface area (TPSA) is 0 Å². The van der Waals surface area contributed by atoms with Crippen LogP contribution in [0.15, 0.2) is 9.85 Å². The maximum atomic E-state index is 3.89. The van der Waals surface area contributed by atoms with E-state index in [1.807, 2.05) is 11.3 Å². The second-order valence-corrected chi connectivity index (χ2v) is 7.97. The summed E-state index contributed by atoms with van der Waals surface area (Å²) in [5, 5.41) is 0. The van der Waals surface area contributed by atoms with Gasteiger partial charge >= 0.3 is 0 Å². The smallest absolute Gasteiger partial charge is 0.0730 e. The summed E-state index contributed by atoms with van der Waals surface area (Å²) in [6.45, 7) is 4.56. The lowest BCUT2D eigenvalue weighted by atomic mass is 9.94. The van der Waals surface area contributed by atoms with Crippen LogP contribution in [0.2, 0.25) is 0 Å². The summed E-state index contributed by atoms with van der Waals surface area (Å²) in [5.74, 6) is 1.70. The van der Waals surface area contributed by atoms with Crippen molar-refractivity contribution in [2.75, 3.05) is 0 Å². The molecule has 3 unspecified atom stereocenters. The van der Waals surface area contributed by atoms with Crippen LogP contribution >= 0.6 is 43.2 Å². The summed E-state index contributed by atoms with van der Waals surface area (Å²) in [5.41, 5.74) is 1.37. The van der Waals surface area contributed by atoms with E-state index >= 15 is 0 Å². The van der Waals surface area contributed by atoms with Crippen LogP contribution in [-0.4, -0.2) is 0 Å². The van der Waals surface area contributed by atoms with Gasteiger partial charge in [0.05, 0.1) is 8.61 Å². The Kier molecular flexibility index (Phi) is 3.95. The van der Waals surface area contributed by atoms with Gasteiger partial charge < -0.3 is 0 Å². The van der Waals surface area contributed by atoms with Crippen LogP contribution in [0.1, 0.15) is 41.5 Å². The van der Waals surface area contributed by atoms with E-state index in [-0.39, 0.29) is 0 Å². The number of alkyl halides is 1. The first-order valence-corrected chi connectivity index (χ1v) is 8.02. The highest BCUT2D eigenvalue weighted by Gasteiger charge is 2.31. The molecule has 3 heteroatoms. The van der Waals surface area contributed by atoms with Gasteiger partial charge in [-0.3, -0.25) is 0 Å². The SMILES string of the molecule is Cc1cc(C(Br)C2CCCC2C)sc1Br. The van der Waals surface area contributed by atoms with Crippen molar-refractivity contribution in [3.8, 4) is 0 Å². The van der Waals surface area contributed by atoms with E-state index in [9.17, 15) is 0 Å². The van der Waals surface area contributed by atoms with E-state index < -0.39 is 0 Å². The fraction of sp³-hybridized carbons (Fsp3) is 0.667. The zero-order chi connectivity index (χ0) is 11.0. The van der Waals surface area contributed by atoms with Crippen molar-refractivity contribution in [1.29, 1.82) is 0 Å². The van der Waals surface area contributed by atoms with Crippen molar-refractivity contribution < 1.29 is 0 Å². The van der Waals surface area contributed by atoms with Gasteiger partial charge in [-0.1, -0.05) is 35.7 Å². The molecule has 0 aromatic carbocycles. The number of aryl methyl sites for hydroxylation is 1. The molecule has 15 heavy (non-hydrogen) atoms. The predicted octanol–water partition coefficient (Wildman–Crippen LogP) is 5.69. The zero-order valence-electron chi connectivity index (χ0n) is 9.09. The molecule has 2 rings (SSSR count). The maximum absolute atomic E-state index is 3.89. The van der Waals surface area contributed by atoms with E-state index in [1.54, 1.807) is 0 Å². The van der Waals surface area contributed by atoms with Gasteiger partial charge in [0.1, 0.15) is 0 Å². The highest BCUT2D eigenvalue weighted by Crippen LogP contribution is 2.47. The van der Waals surface area contributed by atoms with Gasteiger partial charge in [0.25, 0.3) is 0 Å². The molecule has 0 amide bonds. The van der Waals surface area contributed by atoms with Crippen molar-refractivity contribution in [3.63, 3.8) is 0 Å². The standard InChI is InChI=1S/C12H16Br2S/c1-7-4-3-5-9(7)11(13)10-6-8(2)12(14)15-10/h6-7,9,11H,3-5H2,1-2H3. The van der Waals surface area contributed by atoms with Crippen LogP contribution in [0.25, 0.3) is 0 Å². The largest absolute Gasteiger partial charge is 0.132 e. The van der Waals surface area contributed by atoms with Crippen LogP contribution in [0, 0.1) is 18.8 Å². The molecule has 0 saturated heterocycles. The molecule has 0 N–H and O–H groups in total. The number of halogens is 2. The van der Waals surface area contributed by atoms with Gasteiger partial charge in [-0.15, -0.1) is 11.3 Å². The quantitative estimate of drug-likeness (QED) is 0.600. The Morgan fingerprint density at radius 3 is 2.67 bits per heavy atom. The van der Waals surface area contributed by atoms with Gasteiger partial charge in [0.2, 0.25) is 0 Å². The Morgan fingerprint density at radius 1 is 1.47 bits per heavy atom. The van der Waals surface area contributed by atoms with E-state index in [1.165, 1.54) is 33.5 Å². The first kappa shape index (κ1) is 12.1. The summed E-state index contributed by atoms with van der Waals surface area (Å²) in [6, 6.07) is 2.32. The zero-order valence-corrected chi connectivity index (χ0v) is 13.1. The number of rotatable bonds is 2. The average Bonchev–Trinajstić information content (AvgIpc) is 2.74. The Balaban J connectivity index is 2.16. The molecule has 1 aromatic heterocycles. The van der Waals surface area contributed by atoms with Crippen molar-refractivity contribution in [2.24, 2.45) is 11.8 Å².